The van der Waals surface area contributed by atoms with Crippen LogP contribution in [0.1, 0.15) is 297 Å². The Kier molecular flexibility index (Phi) is 44.4. The zero-order valence-electron chi connectivity index (χ0n) is 40.8. The summed E-state index contributed by atoms with van der Waals surface area (Å²) in [7, 11) is 5.31. The van der Waals surface area contributed by atoms with Crippen LogP contribution in [0.25, 0.3) is 0 Å². The van der Waals surface area contributed by atoms with Gasteiger partial charge in [-0.05, 0) is 51.4 Å². The summed E-state index contributed by atoms with van der Waals surface area (Å²) in [5, 5.41) is 0. The average Bonchev–Trinajstić information content (AvgIpc) is 3.19. The topological polar surface area (TPSA) is 0 Å². The molecule has 0 aromatic rings. The SMILES string of the molecule is CCCCCCCCCCCC[N+](C)(CCCCCCCCCCCC)CCCC[N+](C)(CCCCCCCCCCCC)CCCCCCCCCCCC. The molecule has 0 aliphatic carbocycles. The van der Waals surface area contributed by atoms with E-state index in [2.05, 4.69) is 41.8 Å². The van der Waals surface area contributed by atoms with Gasteiger partial charge in [-0.15, -0.1) is 0 Å². The van der Waals surface area contributed by atoms with Gasteiger partial charge in [-0.1, -0.05) is 233 Å². The molecular weight excluding hydrogens is 677 g/mol. The van der Waals surface area contributed by atoms with Crippen LogP contribution >= 0.6 is 0 Å². The molecule has 0 saturated heterocycles. The predicted molar refractivity (Wildman–Crippen MR) is 258 cm³/mol. The van der Waals surface area contributed by atoms with Crippen LogP contribution in [0.3, 0.4) is 0 Å². The number of hydrogen-bond acceptors (Lipinski definition) is 0. The number of nitrogens with zero attached hydrogens (tertiary/aromatic N) is 2. The molecule has 0 amide bonds. The molecular formula is C54H114N2+2. The van der Waals surface area contributed by atoms with Gasteiger partial charge in [0.1, 0.15) is 0 Å². The second kappa shape index (κ2) is 44.5. The zero-order chi connectivity index (χ0) is 40.9. The van der Waals surface area contributed by atoms with Gasteiger partial charge in [0.25, 0.3) is 0 Å². The Balaban J connectivity index is 4.87. The third-order valence-electron chi connectivity index (χ3n) is 13.9. The number of hydrogen-bond donors (Lipinski definition) is 0. The quantitative estimate of drug-likeness (QED) is 0.0425. The highest BCUT2D eigenvalue weighted by atomic mass is 15.3. The molecule has 2 nitrogen and oxygen atoms in total. The Hall–Kier alpha value is -0.0800. The molecule has 0 bridgehead atoms. The van der Waals surface area contributed by atoms with Crippen LogP contribution in [-0.4, -0.2) is 62.3 Å². The summed E-state index contributed by atoms with van der Waals surface area (Å²) >= 11 is 0. The molecule has 0 radical (unpaired) electrons. The molecule has 0 aliphatic heterocycles. The maximum atomic E-state index is 2.66. The van der Waals surface area contributed by atoms with Crippen molar-refractivity contribution >= 4 is 0 Å². The Morgan fingerprint density at radius 3 is 0.411 bits per heavy atom. The van der Waals surface area contributed by atoms with E-state index >= 15 is 0 Å². The molecule has 338 valence electrons. The molecule has 0 saturated carbocycles. The monoisotopic (exact) mass is 791 g/mol. The van der Waals surface area contributed by atoms with E-state index in [9.17, 15) is 0 Å². The Morgan fingerprint density at radius 2 is 0.268 bits per heavy atom. The van der Waals surface area contributed by atoms with Crippen molar-refractivity contribution < 1.29 is 8.97 Å². The van der Waals surface area contributed by atoms with Crippen molar-refractivity contribution in [2.45, 2.75) is 297 Å². The van der Waals surface area contributed by atoms with Crippen LogP contribution in [0, 0.1) is 0 Å². The van der Waals surface area contributed by atoms with Crippen LogP contribution in [0.2, 0.25) is 0 Å². The van der Waals surface area contributed by atoms with E-state index in [0.717, 1.165) is 0 Å². The summed E-state index contributed by atoms with van der Waals surface area (Å²) in [5.41, 5.74) is 0. The van der Waals surface area contributed by atoms with E-state index in [-0.39, 0.29) is 0 Å². The molecule has 0 spiro atoms. The van der Waals surface area contributed by atoms with Gasteiger partial charge < -0.3 is 8.97 Å². The highest BCUT2D eigenvalue weighted by Gasteiger charge is 2.24. The first-order valence-electron chi connectivity index (χ1n) is 27.1. The Morgan fingerprint density at radius 1 is 0.161 bits per heavy atom. The van der Waals surface area contributed by atoms with E-state index in [1.165, 1.54) is 318 Å². The molecule has 2 heteroatoms. The van der Waals surface area contributed by atoms with E-state index in [4.69, 9.17) is 0 Å². The molecule has 0 heterocycles. The fraction of sp³-hybridized carbons (Fsp3) is 1.00. The third-order valence-corrected chi connectivity index (χ3v) is 13.9. The Bertz CT molecular complexity index is 609. The second-order valence-corrected chi connectivity index (χ2v) is 20.0. The first kappa shape index (κ1) is 55.9. The third kappa shape index (κ3) is 40.7. The van der Waals surface area contributed by atoms with Crippen molar-refractivity contribution in [2.75, 3.05) is 53.4 Å². The fourth-order valence-corrected chi connectivity index (χ4v) is 9.58. The van der Waals surface area contributed by atoms with E-state index in [0.29, 0.717) is 0 Å². The standard InChI is InChI=1S/C54H114N2/c1-7-11-15-19-23-27-31-35-39-43-49-55(5,50-44-40-36-32-28-24-20-16-12-8-2)53-47-48-54-56(6,51-45-41-37-33-29-25-21-17-13-9-3)52-46-42-38-34-30-26-22-18-14-10-4/h7-54H2,1-6H3/q+2. The summed E-state index contributed by atoms with van der Waals surface area (Å²) in [5.74, 6) is 0. The molecule has 0 unspecified atom stereocenters. The number of unbranched alkanes of at least 4 members (excludes halogenated alkanes) is 37. The van der Waals surface area contributed by atoms with Crippen molar-refractivity contribution in [2.24, 2.45) is 0 Å². The normalized spacial score (nSPS) is 12.3. The van der Waals surface area contributed by atoms with Crippen molar-refractivity contribution in [3.05, 3.63) is 0 Å². The lowest BCUT2D eigenvalue weighted by Gasteiger charge is -2.37. The summed E-state index contributed by atoms with van der Waals surface area (Å²) < 4.78 is 2.71. The zero-order valence-corrected chi connectivity index (χ0v) is 40.8. The lowest BCUT2D eigenvalue weighted by atomic mass is 10.0. The fourth-order valence-electron chi connectivity index (χ4n) is 9.58. The number of rotatable bonds is 49. The molecule has 0 fully saturated rings. The van der Waals surface area contributed by atoms with Crippen LogP contribution in [0.5, 0.6) is 0 Å². The van der Waals surface area contributed by atoms with Gasteiger partial charge in [-0.25, -0.2) is 0 Å². The van der Waals surface area contributed by atoms with Crippen molar-refractivity contribution in [3.63, 3.8) is 0 Å². The first-order chi connectivity index (χ1) is 27.4. The molecule has 0 atom stereocenters. The van der Waals surface area contributed by atoms with Gasteiger partial charge in [0, 0.05) is 12.8 Å². The Labute approximate surface area is 358 Å². The molecule has 0 N–H and O–H groups in total. The molecule has 56 heavy (non-hydrogen) atoms. The number of quaternary nitrogens is 2. The minimum absolute atomic E-state index is 1.36. The van der Waals surface area contributed by atoms with Crippen molar-refractivity contribution in [1.29, 1.82) is 0 Å². The van der Waals surface area contributed by atoms with Gasteiger partial charge in [-0.2, -0.15) is 0 Å². The lowest BCUT2D eigenvalue weighted by molar-refractivity contribution is -0.916. The largest absolute Gasteiger partial charge is 0.326 e. The second-order valence-electron chi connectivity index (χ2n) is 20.0. The first-order valence-corrected chi connectivity index (χ1v) is 27.1. The lowest BCUT2D eigenvalue weighted by Crippen LogP contribution is -2.48. The minimum Gasteiger partial charge on any atom is -0.326 e. The average molecular weight is 792 g/mol. The summed E-state index contributed by atoms with van der Waals surface area (Å²) in [6.07, 6.45) is 61.1. The van der Waals surface area contributed by atoms with Crippen LogP contribution < -0.4 is 0 Å². The molecule has 0 aromatic heterocycles. The predicted octanol–water partition coefficient (Wildman–Crippen LogP) is 18.3. The molecule has 0 aromatic carbocycles. The van der Waals surface area contributed by atoms with Gasteiger partial charge in [0.15, 0.2) is 0 Å². The summed E-state index contributed by atoms with van der Waals surface area (Å²) in [6.45, 7) is 17.9. The van der Waals surface area contributed by atoms with Crippen LogP contribution in [0.15, 0.2) is 0 Å². The van der Waals surface area contributed by atoms with Gasteiger partial charge >= 0.3 is 0 Å². The highest BCUT2D eigenvalue weighted by molar-refractivity contribution is 4.55. The van der Waals surface area contributed by atoms with E-state index in [1.54, 1.807) is 0 Å². The smallest absolute Gasteiger partial charge is 0.0786 e. The molecule has 0 rings (SSSR count). The summed E-state index contributed by atoms with van der Waals surface area (Å²) in [6, 6.07) is 0. The maximum absolute atomic E-state index is 2.66. The summed E-state index contributed by atoms with van der Waals surface area (Å²) in [4.78, 5) is 0. The van der Waals surface area contributed by atoms with Crippen molar-refractivity contribution in [3.8, 4) is 0 Å². The molecule has 0 aliphatic rings. The van der Waals surface area contributed by atoms with E-state index < -0.39 is 0 Å². The van der Waals surface area contributed by atoms with E-state index in [1.807, 2.05) is 0 Å². The maximum Gasteiger partial charge on any atom is 0.0786 e. The highest BCUT2D eigenvalue weighted by Crippen LogP contribution is 2.20. The van der Waals surface area contributed by atoms with Gasteiger partial charge in [-0.3, -0.25) is 0 Å². The minimum atomic E-state index is 1.36. The van der Waals surface area contributed by atoms with Crippen LogP contribution in [-0.2, 0) is 0 Å². The van der Waals surface area contributed by atoms with Crippen LogP contribution in [0.4, 0.5) is 0 Å². The van der Waals surface area contributed by atoms with Gasteiger partial charge in [0.2, 0.25) is 0 Å². The van der Waals surface area contributed by atoms with Gasteiger partial charge in [0.05, 0.1) is 53.4 Å². The van der Waals surface area contributed by atoms with Crippen molar-refractivity contribution in [1.82, 2.24) is 0 Å².